The smallest absolute Gasteiger partial charge is 0.129 e. The fourth-order valence-corrected chi connectivity index (χ4v) is 2.43. The van der Waals surface area contributed by atoms with Crippen LogP contribution in [0.1, 0.15) is 44.4 Å². The molecular weight excluding hydrogens is 222 g/mol. The summed E-state index contributed by atoms with van der Waals surface area (Å²) >= 11 is 0. The number of rotatable bonds is 6. The van der Waals surface area contributed by atoms with Crippen LogP contribution in [0.25, 0.3) is 0 Å². The predicted molar refractivity (Wildman–Crippen MR) is 77.1 cm³/mol. The highest BCUT2D eigenvalue weighted by Gasteiger charge is 2.14. The van der Waals surface area contributed by atoms with E-state index in [9.17, 15) is 0 Å². The molecule has 3 nitrogen and oxygen atoms in total. The molecule has 2 heterocycles. The lowest BCUT2D eigenvalue weighted by Crippen LogP contribution is -2.20. The van der Waals surface area contributed by atoms with Gasteiger partial charge in [0.15, 0.2) is 0 Å². The minimum Gasteiger partial charge on any atom is -0.357 e. The summed E-state index contributed by atoms with van der Waals surface area (Å²) in [7, 11) is 0. The molecule has 1 aliphatic heterocycles. The number of aromatic nitrogens is 1. The number of anilines is 1. The van der Waals surface area contributed by atoms with Crippen LogP contribution < -0.4 is 10.2 Å². The Morgan fingerprint density at radius 1 is 1.22 bits per heavy atom. The molecule has 3 heteroatoms. The predicted octanol–water partition coefficient (Wildman–Crippen LogP) is 2.74. The molecule has 0 saturated carbocycles. The standard InChI is InChI=1S/C15H25N3/c1-3-7-16-12-13-10-14(4-2)17-15(11-13)18-8-5-6-9-18/h10-11,16H,3-9,12H2,1-2H3. The van der Waals surface area contributed by atoms with Gasteiger partial charge in [-0.25, -0.2) is 4.98 Å². The summed E-state index contributed by atoms with van der Waals surface area (Å²) in [6.45, 7) is 8.77. The Kier molecular flexibility index (Phi) is 5.00. The summed E-state index contributed by atoms with van der Waals surface area (Å²) in [6.07, 6.45) is 4.82. The SMILES string of the molecule is CCCNCc1cc(CC)nc(N2CCCC2)c1. The van der Waals surface area contributed by atoms with Crippen molar-refractivity contribution in [2.75, 3.05) is 24.5 Å². The van der Waals surface area contributed by atoms with E-state index < -0.39 is 0 Å². The Hall–Kier alpha value is -1.09. The van der Waals surface area contributed by atoms with Crippen LogP contribution in [0.2, 0.25) is 0 Å². The van der Waals surface area contributed by atoms with Crippen LogP contribution in [0.4, 0.5) is 5.82 Å². The second-order valence-electron chi connectivity index (χ2n) is 5.05. The second kappa shape index (κ2) is 6.74. The normalized spacial score (nSPS) is 15.3. The van der Waals surface area contributed by atoms with E-state index in [2.05, 4.69) is 36.2 Å². The quantitative estimate of drug-likeness (QED) is 0.783. The minimum atomic E-state index is 0.962. The van der Waals surface area contributed by atoms with Crippen molar-refractivity contribution in [2.45, 2.75) is 46.1 Å². The maximum Gasteiger partial charge on any atom is 0.129 e. The largest absolute Gasteiger partial charge is 0.357 e. The second-order valence-corrected chi connectivity index (χ2v) is 5.05. The lowest BCUT2D eigenvalue weighted by atomic mass is 10.2. The van der Waals surface area contributed by atoms with Crippen molar-refractivity contribution in [1.29, 1.82) is 0 Å². The van der Waals surface area contributed by atoms with Gasteiger partial charge in [-0.1, -0.05) is 13.8 Å². The van der Waals surface area contributed by atoms with E-state index in [1.165, 1.54) is 49.4 Å². The van der Waals surface area contributed by atoms with Crippen LogP contribution >= 0.6 is 0 Å². The molecule has 0 amide bonds. The first-order chi connectivity index (χ1) is 8.83. The van der Waals surface area contributed by atoms with Gasteiger partial charge in [-0.05, 0) is 49.9 Å². The topological polar surface area (TPSA) is 28.2 Å². The highest BCUT2D eigenvalue weighted by atomic mass is 15.2. The molecule has 0 atom stereocenters. The number of nitrogens with zero attached hydrogens (tertiary/aromatic N) is 2. The molecule has 0 aromatic carbocycles. The van der Waals surface area contributed by atoms with Gasteiger partial charge >= 0.3 is 0 Å². The zero-order valence-electron chi connectivity index (χ0n) is 11.7. The van der Waals surface area contributed by atoms with Crippen LogP contribution in [0, 0.1) is 0 Å². The zero-order chi connectivity index (χ0) is 12.8. The lowest BCUT2D eigenvalue weighted by molar-refractivity contribution is 0.673. The van der Waals surface area contributed by atoms with Gasteiger partial charge in [-0.15, -0.1) is 0 Å². The molecule has 1 aromatic rings. The summed E-state index contributed by atoms with van der Waals surface area (Å²) in [5, 5.41) is 3.47. The third kappa shape index (κ3) is 3.45. The number of hydrogen-bond acceptors (Lipinski definition) is 3. The number of nitrogens with one attached hydrogen (secondary N) is 1. The highest BCUT2D eigenvalue weighted by molar-refractivity contribution is 5.43. The third-order valence-corrected chi connectivity index (χ3v) is 3.47. The van der Waals surface area contributed by atoms with Crippen molar-refractivity contribution in [3.63, 3.8) is 0 Å². The Bertz CT molecular complexity index is 370. The van der Waals surface area contributed by atoms with E-state index in [0.29, 0.717) is 0 Å². The van der Waals surface area contributed by atoms with Gasteiger partial charge in [0, 0.05) is 25.3 Å². The van der Waals surface area contributed by atoms with Crippen LogP contribution in [0.15, 0.2) is 12.1 Å². The molecule has 1 aromatic heterocycles. The summed E-state index contributed by atoms with van der Waals surface area (Å²) in [5.74, 6) is 1.18. The van der Waals surface area contributed by atoms with Gasteiger partial charge in [0.05, 0.1) is 0 Å². The summed E-state index contributed by atoms with van der Waals surface area (Å²) < 4.78 is 0. The van der Waals surface area contributed by atoms with Crippen LogP contribution in [0.3, 0.4) is 0 Å². The average Bonchev–Trinajstić information content (AvgIpc) is 2.92. The van der Waals surface area contributed by atoms with Gasteiger partial charge in [0.25, 0.3) is 0 Å². The van der Waals surface area contributed by atoms with Crippen molar-refractivity contribution >= 4 is 5.82 Å². The lowest BCUT2D eigenvalue weighted by Gasteiger charge is -2.18. The molecule has 18 heavy (non-hydrogen) atoms. The molecule has 1 N–H and O–H groups in total. The number of hydrogen-bond donors (Lipinski definition) is 1. The monoisotopic (exact) mass is 247 g/mol. The number of pyridine rings is 1. The van der Waals surface area contributed by atoms with E-state index >= 15 is 0 Å². The van der Waals surface area contributed by atoms with Crippen LogP contribution in [-0.2, 0) is 13.0 Å². The van der Waals surface area contributed by atoms with E-state index in [1.807, 2.05) is 0 Å². The molecule has 0 bridgehead atoms. The summed E-state index contributed by atoms with van der Waals surface area (Å²) in [4.78, 5) is 7.18. The summed E-state index contributed by atoms with van der Waals surface area (Å²) in [6, 6.07) is 4.50. The molecular formula is C15H25N3. The van der Waals surface area contributed by atoms with Crippen molar-refractivity contribution in [3.05, 3.63) is 23.4 Å². The van der Waals surface area contributed by atoms with Gasteiger partial charge in [-0.3, -0.25) is 0 Å². The molecule has 0 aliphatic carbocycles. The Morgan fingerprint density at radius 3 is 2.67 bits per heavy atom. The molecule has 1 fully saturated rings. The van der Waals surface area contributed by atoms with Gasteiger partial charge in [0.2, 0.25) is 0 Å². The first-order valence-electron chi connectivity index (χ1n) is 7.29. The number of aryl methyl sites for hydroxylation is 1. The fraction of sp³-hybridized carbons (Fsp3) is 0.667. The molecule has 1 saturated heterocycles. The van der Waals surface area contributed by atoms with E-state index in [4.69, 9.17) is 4.98 Å². The van der Waals surface area contributed by atoms with Crippen LogP contribution in [-0.4, -0.2) is 24.6 Å². The molecule has 0 radical (unpaired) electrons. The maximum atomic E-state index is 4.76. The fourth-order valence-electron chi connectivity index (χ4n) is 2.43. The van der Waals surface area contributed by atoms with Crippen molar-refractivity contribution in [3.8, 4) is 0 Å². The Balaban J connectivity index is 2.10. The molecule has 100 valence electrons. The van der Waals surface area contributed by atoms with Crippen molar-refractivity contribution < 1.29 is 0 Å². The Morgan fingerprint density at radius 2 is 2.00 bits per heavy atom. The molecule has 0 spiro atoms. The van der Waals surface area contributed by atoms with Gasteiger partial charge < -0.3 is 10.2 Å². The maximum absolute atomic E-state index is 4.76. The van der Waals surface area contributed by atoms with E-state index in [-0.39, 0.29) is 0 Å². The Labute approximate surface area is 111 Å². The minimum absolute atomic E-state index is 0.962. The molecule has 2 rings (SSSR count). The van der Waals surface area contributed by atoms with Gasteiger partial charge in [0.1, 0.15) is 5.82 Å². The van der Waals surface area contributed by atoms with Crippen LogP contribution in [0.5, 0.6) is 0 Å². The zero-order valence-corrected chi connectivity index (χ0v) is 11.7. The van der Waals surface area contributed by atoms with E-state index in [0.717, 1.165) is 19.5 Å². The third-order valence-electron chi connectivity index (χ3n) is 3.47. The van der Waals surface area contributed by atoms with E-state index in [1.54, 1.807) is 0 Å². The van der Waals surface area contributed by atoms with Gasteiger partial charge in [-0.2, -0.15) is 0 Å². The van der Waals surface area contributed by atoms with Crippen molar-refractivity contribution in [1.82, 2.24) is 10.3 Å². The average molecular weight is 247 g/mol. The molecule has 0 unspecified atom stereocenters. The first-order valence-corrected chi connectivity index (χ1v) is 7.29. The van der Waals surface area contributed by atoms with Crippen molar-refractivity contribution in [2.24, 2.45) is 0 Å². The first kappa shape index (κ1) is 13.3. The highest BCUT2D eigenvalue weighted by Crippen LogP contribution is 2.20. The molecule has 1 aliphatic rings. The summed E-state index contributed by atoms with van der Waals surface area (Å²) in [5.41, 5.74) is 2.59.